The highest BCUT2D eigenvalue weighted by molar-refractivity contribution is 7.22. The van der Waals surface area contributed by atoms with Gasteiger partial charge in [0.1, 0.15) is 29.0 Å². The van der Waals surface area contributed by atoms with Crippen LogP contribution >= 0.6 is 22.9 Å². The highest BCUT2D eigenvalue weighted by Gasteiger charge is 2.09. The second-order valence-corrected chi connectivity index (χ2v) is 23.3. The van der Waals surface area contributed by atoms with Crippen LogP contribution in [0, 0.1) is 73.5 Å². The monoisotopic (exact) mass is 1280 g/mol. The van der Waals surface area contributed by atoms with Crippen LogP contribution in [0.5, 0.6) is 11.5 Å². The lowest BCUT2D eigenvalue weighted by Crippen LogP contribution is -2.11. The number of nitrogens with zero attached hydrogens (tertiary/aromatic N) is 6. The number of aromatic amines is 2. The maximum absolute atomic E-state index is 12.6. The van der Waals surface area contributed by atoms with Crippen molar-refractivity contribution in [2.24, 2.45) is 11.5 Å². The first kappa shape index (κ1) is 67.9. The van der Waals surface area contributed by atoms with Crippen LogP contribution in [-0.2, 0) is 0 Å². The van der Waals surface area contributed by atoms with Gasteiger partial charge in [0.15, 0.2) is 28.3 Å². The van der Waals surface area contributed by atoms with E-state index in [4.69, 9.17) is 66.6 Å². The van der Waals surface area contributed by atoms with Crippen molar-refractivity contribution in [1.29, 1.82) is 5.41 Å². The van der Waals surface area contributed by atoms with E-state index in [0.717, 1.165) is 86.6 Å². The first-order chi connectivity index (χ1) is 43.5. The largest absolute Gasteiger partial charge is 0.508 e. The van der Waals surface area contributed by atoms with Gasteiger partial charge < -0.3 is 71.3 Å². The zero-order valence-electron chi connectivity index (χ0n) is 52.1. The first-order valence-corrected chi connectivity index (χ1v) is 29.8. The summed E-state index contributed by atoms with van der Waals surface area (Å²) in [5.41, 5.74) is 65.2. The molecule has 0 aliphatic heterocycles. The van der Waals surface area contributed by atoms with Crippen molar-refractivity contribution in [1.82, 2.24) is 39.7 Å². The van der Waals surface area contributed by atoms with Gasteiger partial charge in [0.05, 0.1) is 36.9 Å². The van der Waals surface area contributed by atoms with Crippen molar-refractivity contribution >= 4 is 139 Å². The number of anilines is 7. The highest BCUT2D eigenvalue weighted by Crippen LogP contribution is 2.29. The van der Waals surface area contributed by atoms with Crippen molar-refractivity contribution in [3.05, 3.63) is 207 Å². The van der Waals surface area contributed by atoms with Gasteiger partial charge in [-0.3, -0.25) is 20.3 Å². The molecule has 1 amide bonds. The SMILES string of the molecule is Cc1cc(C(N)=O)ccc1O.Cc1cc(F)cc(C(=N)N)c1.Cc1cc2c(C)nccc2cc1N.Cc1cc2c(N)n[nH]c2cc1O.Cc1cc2c(N)noc2cc1N.Cc1ccc2nc(N)[nH]c2c1.Cc1ccc2sc(N)nc2c1.Cc1ccc2snc(N)c2c1. The van der Waals surface area contributed by atoms with Crippen molar-refractivity contribution in [3.63, 3.8) is 0 Å². The van der Waals surface area contributed by atoms with Crippen LogP contribution in [0.4, 0.5) is 44.3 Å². The van der Waals surface area contributed by atoms with Crippen LogP contribution < -0.4 is 51.6 Å². The van der Waals surface area contributed by atoms with E-state index in [1.807, 2.05) is 89.3 Å². The van der Waals surface area contributed by atoms with E-state index in [9.17, 15) is 14.3 Å². The van der Waals surface area contributed by atoms with Gasteiger partial charge in [0, 0.05) is 62.7 Å². The average molecular weight is 1280 g/mol. The van der Waals surface area contributed by atoms with E-state index in [0.29, 0.717) is 56.5 Å². The number of nitrogens with two attached hydrogens (primary N) is 9. The summed E-state index contributed by atoms with van der Waals surface area (Å²) in [7, 11) is 0. The van der Waals surface area contributed by atoms with Crippen LogP contribution in [0.2, 0.25) is 0 Å². The Balaban J connectivity index is 0.000000149. The lowest BCUT2D eigenvalue weighted by molar-refractivity contribution is 0.1000. The molecule has 0 aliphatic rings. The van der Waals surface area contributed by atoms with Gasteiger partial charge in [-0.15, -0.1) is 0 Å². The average Bonchev–Trinajstić information content (AvgIpc) is 1.31. The summed E-state index contributed by atoms with van der Waals surface area (Å²) in [5, 5.41) is 41.4. The minimum absolute atomic E-state index is 0.104. The van der Waals surface area contributed by atoms with E-state index in [-0.39, 0.29) is 23.2 Å². The molecule has 23 N–H and O–H groups in total. The Kier molecular flexibility index (Phi) is 22.2. The zero-order chi connectivity index (χ0) is 67.2. The number of rotatable bonds is 2. The summed E-state index contributed by atoms with van der Waals surface area (Å²) in [6.45, 7) is 17.4. The first-order valence-electron chi connectivity index (χ1n) is 28.2. The summed E-state index contributed by atoms with van der Waals surface area (Å²) in [4.78, 5) is 26.1. The Morgan fingerprint density at radius 2 is 1.20 bits per heavy atom. The number of nitrogen functional groups attached to an aromatic ring is 8. The fraction of sp³-hybridized carbons (Fsp3) is 0.134. The molecule has 0 aliphatic carbocycles. The topological polar surface area (TPSA) is 438 Å². The molecular weight excluding hydrogens is 1200 g/mol. The summed E-state index contributed by atoms with van der Waals surface area (Å²) in [5.74, 6) is 1.50. The quantitative estimate of drug-likeness (QED) is 0.0434. The number of phenolic OH excluding ortho intramolecular Hbond substituents is 2. The Hall–Kier alpha value is -11.6. The number of carbonyl (C=O) groups excluding carboxylic acids is 1. The summed E-state index contributed by atoms with van der Waals surface area (Å²) < 4.78 is 23.9. The third-order valence-electron chi connectivity index (χ3n) is 13.8. The molecule has 0 atom stereocenters. The molecule has 0 saturated heterocycles. The molecule has 22 nitrogen and oxygen atoms in total. The number of phenols is 2. The number of aromatic hydroxyl groups is 2. The summed E-state index contributed by atoms with van der Waals surface area (Å²) >= 11 is 2.98. The fourth-order valence-corrected chi connectivity index (χ4v) is 10.2. The predicted molar refractivity (Wildman–Crippen MR) is 376 cm³/mol. The second-order valence-electron chi connectivity index (χ2n) is 21.4. The maximum Gasteiger partial charge on any atom is 0.248 e. The number of aryl methyl sites for hydroxylation is 9. The number of benzene rings is 8. The normalized spacial score (nSPS) is 10.4. The minimum Gasteiger partial charge on any atom is -0.508 e. The van der Waals surface area contributed by atoms with Crippen molar-refractivity contribution in [3.8, 4) is 11.5 Å². The van der Waals surface area contributed by atoms with E-state index < -0.39 is 5.91 Å². The smallest absolute Gasteiger partial charge is 0.248 e. The molecule has 92 heavy (non-hydrogen) atoms. The van der Waals surface area contributed by atoms with E-state index in [1.54, 1.807) is 38.1 Å². The zero-order valence-corrected chi connectivity index (χ0v) is 53.7. The second kappa shape index (κ2) is 30.1. The molecule has 0 radical (unpaired) electrons. The van der Waals surface area contributed by atoms with Crippen molar-refractivity contribution in [2.75, 3.05) is 40.1 Å². The van der Waals surface area contributed by atoms with Gasteiger partial charge in [0.2, 0.25) is 5.91 Å². The Morgan fingerprint density at radius 3 is 1.88 bits per heavy atom. The molecule has 14 aromatic rings. The van der Waals surface area contributed by atoms with E-state index in [1.165, 1.54) is 69.2 Å². The Bertz CT molecular complexity index is 4750. The van der Waals surface area contributed by atoms with Gasteiger partial charge in [-0.2, -0.15) is 9.47 Å². The number of amidine groups is 1. The number of aromatic nitrogens is 8. The van der Waals surface area contributed by atoms with Crippen LogP contribution in [-0.4, -0.2) is 61.6 Å². The van der Waals surface area contributed by atoms with Gasteiger partial charge in [0.25, 0.3) is 0 Å². The number of nitrogens with one attached hydrogen (secondary N) is 3. The number of carbonyl (C=O) groups is 1. The minimum atomic E-state index is -0.479. The van der Waals surface area contributed by atoms with Crippen LogP contribution in [0.1, 0.15) is 66.1 Å². The number of pyridine rings is 1. The molecule has 14 rings (SSSR count). The Labute approximate surface area is 537 Å². The molecule has 0 saturated carbocycles. The number of primary amides is 1. The number of imidazole rings is 1. The number of hydrogen-bond acceptors (Lipinski definition) is 20. The van der Waals surface area contributed by atoms with Crippen molar-refractivity contribution < 1.29 is 23.9 Å². The third kappa shape index (κ3) is 18.0. The number of thiazole rings is 1. The summed E-state index contributed by atoms with van der Waals surface area (Å²) in [6, 6.07) is 40.3. The van der Waals surface area contributed by atoms with E-state index >= 15 is 0 Å². The molecular formula is C67H73FN18O4S2. The lowest BCUT2D eigenvalue weighted by Gasteiger charge is -2.04. The summed E-state index contributed by atoms with van der Waals surface area (Å²) in [6.07, 6.45) is 1.81. The number of halogens is 1. The number of hydrogen-bond donors (Lipinski definition) is 14. The number of amides is 1. The van der Waals surface area contributed by atoms with Gasteiger partial charge >= 0.3 is 0 Å². The molecule has 474 valence electrons. The molecule has 0 bridgehead atoms. The number of H-pyrrole nitrogens is 2. The fourth-order valence-electron chi connectivity index (χ4n) is 8.77. The Morgan fingerprint density at radius 1 is 0.554 bits per heavy atom. The molecule has 0 spiro atoms. The molecule has 8 aromatic carbocycles. The van der Waals surface area contributed by atoms with Gasteiger partial charge in [-0.25, -0.2) is 14.4 Å². The number of fused-ring (bicyclic) bond motifs is 6. The predicted octanol–water partition coefficient (Wildman–Crippen LogP) is 12.9. The maximum atomic E-state index is 12.6. The standard InChI is InChI=1S/C11H12N2.C8H9FN2.2C8H9N3O.C8H9N3.2C8H8N2S.C8H9NO2/c1-7-5-10-8(2)13-4-3-9(10)6-11(7)12;1-5-2-6(8(10)11)4-7(9)3-5;1-4-2-5-6(3-7(4)12)10-11-8(5)9;1-4-2-5-7(3-6(4)9)12-11-8(5)10;1-5-2-3-6-7(4-5)11-8(9)10-6;1-5-2-3-7-6(4-5)10-8(9)11-7;1-5-2-3-7-6(4-5)8(9)10-11-7;1-5-4-6(8(9)11)2-3-7(5)10/h3-6H,12H2,1-2H3;2-4H,1H3,(H3,10,11);2-3,12H,1H3,(H3,9,10,11);2-3H,9H2,1H3,(H2,10,11);2-4H,1H3,(H3,9,10,11);2*2-4H,1H3,(H2,9,10);2-4,10H,1H3,(H2,9,11). The highest BCUT2D eigenvalue weighted by atomic mass is 32.1. The lowest BCUT2D eigenvalue weighted by atomic mass is 10.1. The molecule has 0 unspecified atom stereocenters. The molecule has 6 aromatic heterocycles. The molecule has 0 fully saturated rings. The third-order valence-corrected chi connectivity index (χ3v) is 15.6. The van der Waals surface area contributed by atoms with Crippen LogP contribution in [0.25, 0.3) is 64.0 Å². The van der Waals surface area contributed by atoms with Crippen LogP contribution in [0.3, 0.4) is 0 Å². The van der Waals surface area contributed by atoms with Gasteiger partial charge in [-0.05, 0) is 221 Å². The van der Waals surface area contributed by atoms with Crippen molar-refractivity contribution in [2.45, 2.75) is 62.3 Å². The van der Waals surface area contributed by atoms with E-state index in [2.05, 4.69) is 89.9 Å². The molecule has 25 heteroatoms. The van der Waals surface area contributed by atoms with Gasteiger partial charge in [-0.1, -0.05) is 40.3 Å². The molecule has 6 heterocycles. The van der Waals surface area contributed by atoms with Crippen LogP contribution in [0.15, 0.2) is 144 Å².